The lowest BCUT2D eigenvalue weighted by Gasteiger charge is -2.08. The number of carbonyl (C=O) groups is 2. The summed E-state index contributed by atoms with van der Waals surface area (Å²) in [5.74, 6) is -0.356. The molecule has 0 saturated carbocycles. The van der Waals surface area contributed by atoms with E-state index in [9.17, 15) is 9.59 Å². The van der Waals surface area contributed by atoms with Gasteiger partial charge in [-0.05, 0) is 49.4 Å². The molecule has 0 saturated heterocycles. The largest absolute Gasteiger partial charge is 0.338 e. The zero-order chi connectivity index (χ0) is 19.2. The van der Waals surface area contributed by atoms with Crippen LogP contribution in [0.25, 0.3) is 5.69 Å². The maximum absolute atomic E-state index is 12.4. The monoisotopic (exact) mass is 383 g/mol. The summed E-state index contributed by atoms with van der Waals surface area (Å²) < 4.78 is 1.58. The third-order valence-corrected chi connectivity index (χ3v) is 3.85. The Kier molecular flexibility index (Phi) is 5.73. The molecule has 0 fully saturated rings. The topological polar surface area (TPSA) is 88.0 Å². The van der Waals surface area contributed by atoms with Gasteiger partial charge in [0.2, 0.25) is 0 Å². The van der Waals surface area contributed by atoms with Crippen LogP contribution in [-0.4, -0.2) is 28.3 Å². The number of amides is 3. The second kappa shape index (κ2) is 8.37. The van der Waals surface area contributed by atoms with E-state index >= 15 is 0 Å². The number of benzene rings is 2. The highest BCUT2D eigenvalue weighted by Crippen LogP contribution is 2.17. The molecule has 27 heavy (non-hydrogen) atoms. The summed E-state index contributed by atoms with van der Waals surface area (Å²) >= 11 is 5.99. The number of rotatable bonds is 5. The zero-order valence-electron chi connectivity index (χ0n) is 14.6. The molecule has 0 atom stereocenters. The van der Waals surface area contributed by atoms with E-state index < -0.39 is 0 Å². The van der Waals surface area contributed by atoms with Crippen molar-refractivity contribution in [3.63, 3.8) is 0 Å². The van der Waals surface area contributed by atoms with Crippen LogP contribution in [-0.2, 0) is 0 Å². The molecule has 2 aromatic carbocycles. The lowest BCUT2D eigenvalue weighted by atomic mass is 10.2. The fraction of sp³-hybridized carbons (Fsp3) is 0.105. The Morgan fingerprint density at radius 3 is 2.52 bits per heavy atom. The van der Waals surface area contributed by atoms with Crippen molar-refractivity contribution in [1.82, 2.24) is 15.1 Å². The molecule has 0 spiro atoms. The molecule has 0 radical (unpaired) electrons. The Balaban J connectivity index is 1.70. The summed E-state index contributed by atoms with van der Waals surface area (Å²) in [6.07, 6.45) is 1.69. The molecule has 3 amide bonds. The van der Waals surface area contributed by atoms with Crippen molar-refractivity contribution in [1.29, 1.82) is 0 Å². The van der Waals surface area contributed by atoms with E-state index in [4.69, 9.17) is 11.6 Å². The summed E-state index contributed by atoms with van der Waals surface area (Å²) in [6, 6.07) is 15.4. The highest BCUT2D eigenvalue weighted by molar-refractivity contribution is 6.30. The molecular weight excluding hydrogens is 366 g/mol. The minimum atomic E-state index is -0.356. The maximum atomic E-state index is 12.4. The first kappa shape index (κ1) is 18.5. The second-order valence-electron chi connectivity index (χ2n) is 5.64. The quantitative estimate of drug-likeness (QED) is 0.624. The third-order valence-electron chi connectivity index (χ3n) is 3.61. The van der Waals surface area contributed by atoms with E-state index in [-0.39, 0.29) is 17.6 Å². The number of hydrogen-bond acceptors (Lipinski definition) is 3. The molecule has 0 bridgehead atoms. The summed E-state index contributed by atoms with van der Waals surface area (Å²) in [5.41, 5.74) is 2.14. The molecule has 8 heteroatoms. The molecule has 1 aromatic heterocycles. The molecule has 1 heterocycles. The molecule has 3 N–H and O–H groups in total. The van der Waals surface area contributed by atoms with Gasteiger partial charge in [0.1, 0.15) is 0 Å². The SMILES string of the molecule is CCNC(=O)Nc1cccc(NC(=O)c2ccn(-c3cccc(Cl)c3)n2)c1. The van der Waals surface area contributed by atoms with E-state index in [1.165, 1.54) is 0 Å². The van der Waals surface area contributed by atoms with E-state index in [1.807, 2.05) is 19.1 Å². The van der Waals surface area contributed by atoms with Crippen LogP contribution in [0.1, 0.15) is 17.4 Å². The van der Waals surface area contributed by atoms with Gasteiger partial charge in [0.15, 0.2) is 5.69 Å². The third kappa shape index (κ3) is 4.86. The summed E-state index contributed by atoms with van der Waals surface area (Å²) in [4.78, 5) is 24.0. The van der Waals surface area contributed by atoms with Gasteiger partial charge in [-0.25, -0.2) is 9.48 Å². The maximum Gasteiger partial charge on any atom is 0.319 e. The van der Waals surface area contributed by atoms with Gasteiger partial charge in [0.05, 0.1) is 5.69 Å². The van der Waals surface area contributed by atoms with Gasteiger partial charge in [-0.1, -0.05) is 23.7 Å². The first-order valence-corrected chi connectivity index (χ1v) is 8.71. The number of nitrogens with zero attached hydrogens (tertiary/aromatic N) is 2. The second-order valence-corrected chi connectivity index (χ2v) is 6.08. The van der Waals surface area contributed by atoms with Crippen molar-refractivity contribution >= 4 is 34.9 Å². The molecular formula is C19H18ClN5O2. The van der Waals surface area contributed by atoms with E-state index in [0.717, 1.165) is 5.69 Å². The van der Waals surface area contributed by atoms with Gasteiger partial charge in [-0.2, -0.15) is 5.10 Å². The van der Waals surface area contributed by atoms with Crippen LogP contribution in [0.3, 0.4) is 0 Å². The average molecular weight is 384 g/mol. The lowest BCUT2D eigenvalue weighted by Crippen LogP contribution is -2.28. The standard InChI is InChI=1S/C19H18ClN5O2/c1-2-21-19(27)23-15-7-4-6-14(12-15)22-18(26)17-9-10-25(24-17)16-8-3-5-13(20)11-16/h3-12H,2H2,1H3,(H,22,26)(H2,21,23,27). The van der Waals surface area contributed by atoms with Gasteiger partial charge in [-0.3, -0.25) is 4.79 Å². The molecule has 0 unspecified atom stereocenters. The number of urea groups is 1. The van der Waals surface area contributed by atoms with Crippen molar-refractivity contribution in [3.8, 4) is 5.69 Å². The normalized spacial score (nSPS) is 10.3. The summed E-state index contributed by atoms with van der Waals surface area (Å²) in [5, 5.41) is 13.0. The van der Waals surface area contributed by atoms with Crippen molar-refractivity contribution in [2.24, 2.45) is 0 Å². The summed E-state index contributed by atoms with van der Waals surface area (Å²) in [7, 11) is 0. The van der Waals surface area contributed by atoms with Crippen LogP contribution in [0.5, 0.6) is 0 Å². The molecule has 3 aromatic rings. The minimum absolute atomic E-state index is 0.261. The fourth-order valence-corrected chi connectivity index (χ4v) is 2.60. The molecule has 3 rings (SSSR count). The number of hydrogen-bond donors (Lipinski definition) is 3. The van der Waals surface area contributed by atoms with Gasteiger partial charge in [0.25, 0.3) is 5.91 Å². The molecule has 138 valence electrons. The van der Waals surface area contributed by atoms with E-state index in [2.05, 4.69) is 21.0 Å². The van der Waals surface area contributed by atoms with Gasteiger partial charge >= 0.3 is 6.03 Å². The number of aromatic nitrogens is 2. The van der Waals surface area contributed by atoms with Crippen LogP contribution >= 0.6 is 11.6 Å². The predicted octanol–water partition coefficient (Wildman–Crippen LogP) is 3.92. The highest BCUT2D eigenvalue weighted by atomic mass is 35.5. The molecule has 0 aliphatic rings. The Morgan fingerprint density at radius 1 is 1.04 bits per heavy atom. The summed E-state index contributed by atoms with van der Waals surface area (Å²) in [6.45, 7) is 2.36. The fourth-order valence-electron chi connectivity index (χ4n) is 2.41. The molecule has 0 aliphatic carbocycles. The van der Waals surface area contributed by atoms with Crippen molar-refractivity contribution < 1.29 is 9.59 Å². The van der Waals surface area contributed by atoms with Crippen LogP contribution in [0.4, 0.5) is 16.2 Å². The van der Waals surface area contributed by atoms with Gasteiger partial charge in [-0.15, -0.1) is 0 Å². The van der Waals surface area contributed by atoms with Crippen molar-refractivity contribution in [3.05, 3.63) is 71.5 Å². The van der Waals surface area contributed by atoms with Crippen molar-refractivity contribution in [2.75, 3.05) is 17.2 Å². The Bertz CT molecular complexity index is 970. The van der Waals surface area contributed by atoms with Crippen LogP contribution in [0.15, 0.2) is 60.8 Å². The van der Waals surface area contributed by atoms with Crippen LogP contribution in [0, 0.1) is 0 Å². The first-order valence-electron chi connectivity index (χ1n) is 8.33. The Morgan fingerprint density at radius 2 is 1.78 bits per heavy atom. The smallest absolute Gasteiger partial charge is 0.319 e. The highest BCUT2D eigenvalue weighted by Gasteiger charge is 2.11. The predicted molar refractivity (Wildman–Crippen MR) is 106 cm³/mol. The average Bonchev–Trinajstić information content (AvgIpc) is 3.12. The van der Waals surface area contributed by atoms with Crippen LogP contribution < -0.4 is 16.0 Å². The Labute approximate surface area is 161 Å². The van der Waals surface area contributed by atoms with E-state index in [0.29, 0.717) is 22.9 Å². The Hall–Kier alpha value is -3.32. The number of anilines is 2. The number of halogens is 1. The van der Waals surface area contributed by atoms with Crippen LogP contribution in [0.2, 0.25) is 5.02 Å². The van der Waals surface area contributed by atoms with Gasteiger partial charge in [0, 0.05) is 29.1 Å². The zero-order valence-corrected chi connectivity index (χ0v) is 15.3. The number of nitrogens with one attached hydrogen (secondary N) is 3. The lowest BCUT2D eigenvalue weighted by molar-refractivity contribution is 0.102. The minimum Gasteiger partial charge on any atom is -0.338 e. The van der Waals surface area contributed by atoms with Crippen molar-refractivity contribution in [2.45, 2.75) is 6.92 Å². The van der Waals surface area contributed by atoms with Gasteiger partial charge < -0.3 is 16.0 Å². The molecule has 7 nitrogen and oxygen atoms in total. The molecule has 0 aliphatic heterocycles. The van der Waals surface area contributed by atoms with E-state index in [1.54, 1.807) is 53.3 Å². The number of carbonyl (C=O) groups excluding carboxylic acids is 2. The first-order chi connectivity index (χ1) is 13.0.